The summed E-state index contributed by atoms with van der Waals surface area (Å²) >= 11 is 1.48. The Morgan fingerprint density at radius 2 is 1.58 bits per heavy atom. The molecule has 19 heavy (non-hydrogen) atoms. The average Bonchev–Trinajstić information content (AvgIpc) is 2.49. The smallest absolute Gasteiger partial charge is 0.258 e. The molecule has 0 fully saturated rings. The van der Waals surface area contributed by atoms with Crippen molar-refractivity contribution in [1.29, 1.82) is 0 Å². The van der Waals surface area contributed by atoms with E-state index in [0.717, 1.165) is 16.2 Å². The highest BCUT2D eigenvalue weighted by Crippen LogP contribution is 2.34. The van der Waals surface area contributed by atoms with Gasteiger partial charge in [-0.05, 0) is 5.56 Å². The zero-order valence-corrected chi connectivity index (χ0v) is 10.9. The van der Waals surface area contributed by atoms with E-state index in [1.807, 2.05) is 60.7 Å². The van der Waals surface area contributed by atoms with Gasteiger partial charge in [0, 0.05) is 5.56 Å². The highest BCUT2D eigenvalue weighted by Gasteiger charge is 2.27. The molecule has 1 amide bonds. The van der Waals surface area contributed by atoms with Crippen molar-refractivity contribution >= 4 is 22.7 Å². The molecular weight excluding hydrogens is 256 g/mol. The first kappa shape index (κ1) is 12.0. The van der Waals surface area contributed by atoms with Gasteiger partial charge in [-0.15, -0.1) is 0 Å². The molecule has 2 aromatic rings. The first-order chi connectivity index (χ1) is 9.34. The second-order valence-corrected chi connectivity index (χ2v) is 5.26. The molecule has 1 heterocycles. The fraction of sp³-hybridized carbons (Fsp3) is 0.0667. The summed E-state index contributed by atoms with van der Waals surface area (Å²) < 4.78 is 0. The molecule has 94 valence electrons. The van der Waals surface area contributed by atoms with E-state index in [1.165, 1.54) is 11.8 Å². The monoisotopic (exact) mass is 268 g/mol. The van der Waals surface area contributed by atoms with Crippen molar-refractivity contribution in [3.05, 3.63) is 71.8 Å². The number of hydrogen-bond donors (Lipinski definition) is 1. The number of carbonyl (C=O) groups excluding carboxylic acids is 1. The van der Waals surface area contributed by atoms with Crippen LogP contribution in [0.25, 0.3) is 0 Å². The number of nitrogens with one attached hydrogen (secondary N) is 1. The van der Waals surface area contributed by atoms with Crippen LogP contribution in [0.4, 0.5) is 0 Å². The van der Waals surface area contributed by atoms with Crippen molar-refractivity contribution in [2.45, 2.75) is 5.25 Å². The lowest BCUT2D eigenvalue weighted by Gasteiger charge is -2.21. The van der Waals surface area contributed by atoms with E-state index in [9.17, 15) is 4.79 Å². The van der Waals surface area contributed by atoms with E-state index in [2.05, 4.69) is 10.5 Å². The lowest BCUT2D eigenvalue weighted by molar-refractivity contribution is -0.120. The predicted octanol–water partition coefficient (Wildman–Crippen LogP) is 2.95. The second kappa shape index (κ2) is 5.28. The maximum absolute atomic E-state index is 11.9. The van der Waals surface area contributed by atoms with Crippen molar-refractivity contribution in [3.63, 3.8) is 0 Å². The first-order valence-corrected chi connectivity index (χ1v) is 6.87. The normalized spacial score (nSPS) is 18.6. The Bertz CT molecular complexity index is 611. The lowest BCUT2D eigenvalue weighted by Crippen LogP contribution is -2.29. The molecule has 0 saturated carbocycles. The summed E-state index contributed by atoms with van der Waals surface area (Å²) in [7, 11) is 0. The number of carbonyl (C=O) groups is 1. The van der Waals surface area contributed by atoms with Crippen molar-refractivity contribution < 1.29 is 4.79 Å². The first-order valence-electron chi connectivity index (χ1n) is 5.99. The molecule has 2 aromatic carbocycles. The van der Waals surface area contributed by atoms with Gasteiger partial charge in [0.1, 0.15) is 10.3 Å². The molecule has 0 aromatic heterocycles. The summed E-state index contributed by atoms with van der Waals surface area (Å²) in [6.45, 7) is 0. The summed E-state index contributed by atoms with van der Waals surface area (Å²) in [5, 5.41) is 4.74. The van der Waals surface area contributed by atoms with E-state index in [0.29, 0.717) is 0 Å². The van der Waals surface area contributed by atoms with Crippen LogP contribution in [0.3, 0.4) is 0 Å². The molecule has 0 unspecified atom stereocenters. The van der Waals surface area contributed by atoms with Gasteiger partial charge in [-0.2, -0.15) is 5.10 Å². The fourth-order valence-corrected chi connectivity index (χ4v) is 2.96. The highest BCUT2D eigenvalue weighted by atomic mass is 32.2. The topological polar surface area (TPSA) is 41.5 Å². The molecule has 1 atom stereocenters. The largest absolute Gasteiger partial charge is 0.271 e. The van der Waals surface area contributed by atoms with Crippen LogP contribution in [-0.4, -0.2) is 11.0 Å². The number of amides is 1. The Labute approximate surface area is 115 Å². The van der Waals surface area contributed by atoms with Crippen LogP contribution < -0.4 is 5.43 Å². The van der Waals surface area contributed by atoms with Crippen molar-refractivity contribution in [1.82, 2.24) is 5.43 Å². The summed E-state index contributed by atoms with van der Waals surface area (Å²) in [5.74, 6) is -0.0733. The summed E-state index contributed by atoms with van der Waals surface area (Å²) in [5.41, 5.74) is 4.62. The number of thioether (sulfide) groups is 1. The SMILES string of the molecule is O=C1NN=C(c2ccccc2)S[C@@H]1c1ccccc1. The van der Waals surface area contributed by atoms with Crippen molar-refractivity contribution in [2.24, 2.45) is 5.10 Å². The molecule has 3 rings (SSSR count). The Hall–Kier alpha value is -2.07. The van der Waals surface area contributed by atoms with Gasteiger partial charge in [0.15, 0.2) is 0 Å². The summed E-state index contributed by atoms with van der Waals surface area (Å²) in [6.07, 6.45) is 0. The number of benzene rings is 2. The summed E-state index contributed by atoms with van der Waals surface area (Å²) in [4.78, 5) is 11.9. The third-order valence-electron chi connectivity index (χ3n) is 2.86. The van der Waals surface area contributed by atoms with E-state index in [1.54, 1.807) is 0 Å². The van der Waals surface area contributed by atoms with Crippen LogP contribution in [0.2, 0.25) is 0 Å². The predicted molar refractivity (Wildman–Crippen MR) is 77.9 cm³/mol. The Morgan fingerprint density at radius 3 is 2.26 bits per heavy atom. The van der Waals surface area contributed by atoms with Crippen LogP contribution in [0.1, 0.15) is 16.4 Å². The molecule has 1 N–H and O–H groups in total. The van der Waals surface area contributed by atoms with Gasteiger partial charge >= 0.3 is 0 Å². The number of nitrogens with zero attached hydrogens (tertiary/aromatic N) is 1. The third kappa shape index (κ3) is 2.53. The minimum Gasteiger partial charge on any atom is -0.271 e. The number of hydrazone groups is 1. The molecular formula is C15H12N2OS. The minimum atomic E-state index is -0.242. The molecule has 0 bridgehead atoms. The molecule has 0 aliphatic carbocycles. The Balaban J connectivity index is 1.90. The van der Waals surface area contributed by atoms with Crippen LogP contribution in [0.5, 0.6) is 0 Å². The van der Waals surface area contributed by atoms with E-state index in [-0.39, 0.29) is 11.2 Å². The number of rotatable bonds is 2. The Kier molecular flexibility index (Phi) is 3.33. The van der Waals surface area contributed by atoms with Gasteiger partial charge < -0.3 is 0 Å². The minimum absolute atomic E-state index is 0.0733. The standard InChI is InChI=1S/C15H12N2OS/c18-14-13(11-7-3-1-4-8-11)19-15(17-16-14)12-9-5-2-6-10-12/h1-10,13H,(H,16,18)/t13-/m1/s1. The van der Waals surface area contributed by atoms with E-state index >= 15 is 0 Å². The van der Waals surface area contributed by atoms with Gasteiger partial charge in [0.2, 0.25) is 0 Å². The lowest BCUT2D eigenvalue weighted by atomic mass is 10.1. The molecule has 0 spiro atoms. The molecule has 0 radical (unpaired) electrons. The van der Waals surface area contributed by atoms with Crippen LogP contribution in [-0.2, 0) is 4.79 Å². The van der Waals surface area contributed by atoms with Crippen molar-refractivity contribution in [3.8, 4) is 0 Å². The molecule has 3 nitrogen and oxygen atoms in total. The van der Waals surface area contributed by atoms with Crippen molar-refractivity contribution in [2.75, 3.05) is 0 Å². The molecule has 1 aliphatic heterocycles. The van der Waals surface area contributed by atoms with Gasteiger partial charge in [-0.3, -0.25) is 4.79 Å². The summed E-state index contributed by atoms with van der Waals surface area (Å²) in [6, 6.07) is 19.6. The zero-order chi connectivity index (χ0) is 13.1. The molecule has 1 aliphatic rings. The molecule has 4 heteroatoms. The highest BCUT2D eigenvalue weighted by molar-refractivity contribution is 8.15. The fourth-order valence-electron chi connectivity index (χ4n) is 1.92. The number of hydrogen-bond acceptors (Lipinski definition) is 3. The average molecular weight is 268 g/mol. The molecule has 0 saturated heterocycles. The van der Waals surface area contributed by atoms with Crippen LogP contribution in [0.15, 0.2) is 65.8 Å². The maximum Gasteiger partial charge on any atom is 0.258 e. The zero-order valence-electron chi connectivity index (χ0n) is 10.1. The van der Waals surface area contributed by atoms with E-state index in [4.69, 9.17) is 0 Å². The van der Waals surface area contributed by atoms with E-state index < -0.39 is 0 Å². The second-order valence-electron chi connectivity index (χ2n) is 4.17. The Morgan fingerprint density at radius 1 is 0.947 bits per heavy atom. The van der Waals surface area contributed by atoms with Gasteiger partial charge in [0.25, 0.3) is 5.91 Å². The third-order valence-corrected chi connectivity index (χ3v) is 4.13. The maximum atomic E-state index is 11.9. The van der Waals surface area contributed by atoms with Crippen LogP contribution in [0, 0.1) is 0 Å². The quantitative estimate of drug-likeness (QED) is 0.909. The van der Waals surface area contributed by atoms with Gasteiger partial charge in [-0.25, -0.2) is 5.43 Å². The van der Waals surface area contributed by atoms with Crippen LogP contribution >= 0.6 is 11.8 Å². The van der Waals surface area contributed by atoms with Gasteiger partial charge in [-0.1, -0.05) is 72.4 Å². The van der Waals surface area contributed by atoms with Gasteiger partial charge in [0.05, 0.1) is 0 Å².